The molecule has 0 radical (unpaired) electrons. The summed E-state index contributed by atoms with van der Waals surface area (Å²) in [5.74, 6) is -0.778. The molecule has 24 heavy (non-hydrogen) atoms. The zero-order chi connectivity index (χ0) is 18.4. The molecule has 1 N–H and O–H groups in total. The van der Waals surface area contributed by atoms with Gasteiger partial charge in [0.15, 0.2) is 0 Å². The topological polar surface area (TPSA) is 37.3 Å². The molecule has 0 aliphatic heterocycles. The molecule has 0 atom stereocenters. The standard InChI is InChI=1S/C11H14O2S.C8H16.C2H2/c1-11(2)4-3-9-7(5-11)8(6-14-9)10(12)13;1-8(2)6-4-3-5-7-8;1-2/h6H,3-5H2,1-2H3,(H,12,13);3-7H2,1-2H3;1-2H. The molecular weight excluding hydrogens is 316 g/mol. The van der Waals surface area contributed by atoms with Crippen LogP contribution in [-0.2, 0) is 12.8 Å². The fourth-order valence-electron chi connectivity index (χ4n) is 3.53. The molecule has 0 aromatic carbocycles. The lowest BCUT2D eigenvalue weighted by Crippen LogP contribution is -2.22. The number of aryl methyl sites for hydroxylation is 1. The van der Waals surface area contributed by atoms with Crippen LogP contribution in [0.2, 0.25) is 0 Å². The van der Waals surface area contributed by atoms with Gasteiger partial charge in [0.25, 0.3) is 0 Å². The van der Waals surface area contributed by atoms with E-state index < -0.39 is 5.97 Å². The lowest BCUT2D eigenvalue weighted by atomic mass is 9.76. The summed E-state index contributed by atoms with van der Waals surface area (Å²) >= 11 is 1.60. The van der Waals surface area contributed by atoms with Crippen LogP contribution in [0.3, 0.4) is 0 Å². The van der Waals surface area contributed by atoms with E-state index in [4.69, 9.17) is 5.11 Å². The van der Waals surface area contributed by atoms with E-state index in [1.54, 1.807) is 16.7 Å². The first-order valence-corrected chi connectivity index (χ1v) is 9.74. The summed E-state index contributed by atoms with van der Waals surface area (Å²) in [5, 5.41) is 10.8. The van der Waals surface area contributed by atoms with Gasteiger partial charge in [-0.2, -0.15) is 0 Å². The van der Waals surface area contributed by atoms with Gasteiger partial charge in [0.2, 0.25) is 0 Å². The minimum absolute atomic E-state index is 0.262. The Kier molecular flexibility index (Phi) is 7.55. The van der Waals surface area contributed by atoms with Crippen molar-refractivity contribution in [2.75, 3.05) is 0 Å². The van der Waals surface area contributed by atoms with E-state index in [0.29, 0.717) is 11.0 Å². The minimum atomic E-state index is -0.778. The number of hydrogen-bond acceptors (Lipinski definition) is 2. The summed E-state index contributed by atoms with van der Waals surface area (Å²) in [7, 11) is 0. The average molecular weight is 349 g/mol. The lowest BCUT2D eigenvalue weighted by molar-refractivity contribution is 0.0695. The number of carbonyl (C=O) groups is 1. The third-order valence-corrected chi connectivity index (χ3v) is 6.19. The highest BCUT2D eigenvalue weighted by molar-refractivity contribution is 7.10. The van der Waals surface area contributed by atoms with Gasteiger partial charge in [-0.25, -0.2) is 4.79 Å². The van der Waals surface area contributed by atoms with Crippen molar-refractivity contribution in [1.82, 2.24) is 0 Å². The molecule has 0 saturated heterocycles. The second kappa shape index (κ2) is 8.72. The van der Waals surface area contributed by atoms with Gasteiger partial charge in [0.1, 0.15) is 0 Å². The van der Waals surface area contributed by atoms with Crippen LogP contribution in [0.25, 0.3) is 0 Å². The van der Waals surface area contributed by atoms with Crippen molar-refractivity contribution in [2.24, 2.45) is 10.8 Å². The first-order chi connectivity index (χ1) is 11.2. The van der Waals surface area contributed by atoms with Gasteiger partial charge in [-0.3, -0.25) is 0 Å². The van der Waals surface area contributed by atoms with E-state index in [1.165, 1.54) is 43.4 Å². The van der Waals surface area contributed by atoms with Gasteiger partial charge in [-0.1, -0.05) is 47.0 Å². The van der Waals surface area contributed by atoms with Crippen molar-refractivity contribution in [3.8, 4) is 12.8 Å². The van der Waals surface area contributed by atoms with E-state index in [1.807, 2.05) is 0 Å². The molecule has 1 aromatic rings. The second-order valence-electron chi connectivity index (χ2n) is 8.42. The Hall–Kier alpha value is -1.27. The summed E-state index contributed by atoms with van der Waals surface area (Å²) in [6, 6.07) is 0. The molecule has 2 nitrogen and oxygen atoms in total. The predicted molar refractivity (Wildman–Crippen MR) is 104 cm³/mol. The maximum absolute atomic E-state index is 11.0. The maximum Gasteiger partial charge on any atom is 0.336 e. The van der Waals surface area contributed by atoms with Crippen LogP contribution in [-0.4, -0.2) is 11.1 Å². The number of carboxylic acids is 1. The quantitative estimate of drug-likeness (QED) is 0.615. The van der Waals surface area contributed by atoms with E-state index >= 15 is 0 Å². The fraction of sp³-hybridized carbons (Fsp3) is 0.667. The van der Waals surface area contributed by atoms with Gasteiger partial charge in [0.05, 0.1) is 5.56 Å². The van der Waals surface area contributed by atoms with Crippen LogP contribution in [0.15, 0.2) is 5.38 Å². The maximum atomic E-state index is 11.0. The van der Waals surface area contributed by atoms with Crippen molar-refractivity contribution >= 4 is 17.3 Å². The Bertz CT molecular complexity index is 556. The molecule has 3 rings (SSSR count). The van der Waals surface area contributed by atoms with Gasteiger partial charge >= 0.3 is 5.97 Å². The van der Waals surface area contributed by atoms with Crippen LogP contribution >= 0.6 is 11.3 Å². The Morgan fingerprint density at radius 1 is 1.04 bits per heavy atom. The largest absolute Gasteiger partial charge is 0.478 e. The van der Waals surface area contributed by atoms with Gasteiger partial charge in [-0.05, 0) is 48.5 Å². The molecule has 1 aromatic heterocycles. The molecule has 134 valence electrons. The van der Waals surface area contributed by atoms with Crippen molar-refractivity contribution < 1.29 is 9.90 Å². The van der Waals surface area contributed by atoms with E-state index in [0.717, 1.165) is 18.4 Å². The van der Waals surface area contributed by atoms with Crippen molar-refractivity contribution in [1.29, 1.82) is 0 Å². The monoisotopic (exact) mass is 348 g/mol. The van der Waals surface area contributed by atoms with Gasteiger partial charge < -0.3 is 5.11 Å². The summed E-state index contributed by atoms with van der Waals surface area (Å²) in [6.07, 6.45) is 18.4. The van der Waals surface area contributed by atoms with Gasteiger partial charge in [0, 0.05) is 10.3 Å². The Morgan fingerprint density at radius 2 is 1.62 bits per heavy atom. The molecule has 0 spiro atoms. The number of aromatic carboxylic acids is 1. The molecule has 0 amide bonds. The fourth-order valence-corrected chi connectivity index (χ4v) is 4.58. The molecule has 3 heteroatoms. The number of carboxylic acid groups (broad SMARTS) is 1. The molecule has 1 heterocycles. The summed E-state index contributed by atoms with van der Waals surface area (Å²) in [4.78, 5) is 12.2. The summed E-state index contributed by atoms with van der Waals surface area (Å²) < 4.78 is 0. The summed E-state index contributed by atoms with van der Waals surface area (Å²) in [5.41, 5.74) is 2.55. The molecule has 1 fully saturated rings. The molecule has 2 aliphatic carbocycles. The molecule has 0 bridgehead atoms. The number of terminal acetylenes is 1. The first kappa shape index (κ1) is 20.8. The van der Waals surface area contributed by atoms with Gasteiger partial charge in [-0.15, -0.1) is 24.2 Å². The lowest BCUT2D eigenvalue weighted by Gasteiger charge is -2.29. The van der Waals surface area contributed by atoms with Crippen LogP contribution in [0, 0.1) is 23.7 Å². The first-order valence-electron chi connectivity index (χ1n) is 8.86. The third kappa shape index (κ3) is 5.98. The second-order valence-corrected chi connectivity index (χ2v) is 9.39. The smallest absolute Gasteiger partial charge is 0.336 e. The third-order valence-electron chi connectivity index (χ3n) is 5.10. The van der Waals surface area contributed by atoms with Crippen LogP contribution in [0.4, 0.5) is 0 Å². The number of hydrogen-bond donors (Lipinski definition) is 1. The highest BCUT2D eigenvalue weighted by Crippen LogP contribution is 2.39. The zero-order valence-corrected chi connectivity index (χ0v) is 16.5. The summed E-state index contributed by atoms with van der Waals surface area (Å²) in [6.45, 7) is 9.18. The van der Waals surface area contributed by atoms with Crippen molar-refractivity contribution in [2.45, 2.75) is 79.1 Å². The molecule has 2 aliphatic rings. The Balaban J connectivity index is 0.000000245. The zero-order valence-electron chi connectivity index (χ0n) is 15.7. The Labute approximate surface area is 151 Å². The van der Waals surface area contributed by atoms with E-state index in [9.17, 15) is 4.79 Å². The number of fused-ring (bicyclic) bond motifs is 1. The van der Waals surface area contributed by atoms with Crippen molar-refractivity contribution in [3.05, 3.63) is 21.4 Å². The average Bonchev–Trinajstić information content (AvgIpc) is 2.91. The van der Waals surface area contributed by atoms with Crippen LogP contribution in [0.5, 0.6) is 0 Å². The SMILES string of the molecule is C#C.CC1(C)CCCCC1.CC1(C)CCc2scc(C(=O)O)c2C1. The van der Waals surface area contributed by atoms with E-state index in [2.05, 4.69) is 40.5 Å². The molecule has 0 unspecified atom stereocenters. The van der Waals surface area contributed by atoms with E-state index in [-0.39, 0.29) is 5.41 Å². The highest BCUT2D eigenvalue weighted by Gasteiger charge is 2.29. The minimum Gasteiger partial charge on any atom is -0.478 e. The van der Waals surface area contributed by atoms with Crippen molar-refractivity contribution in [3.63, 3.8) is 0 Å². The normalized spacial score (nSPS) is 20.4. The van der Waals surface area contributed by atoms with Crippen LogP contribution < -0.4 is 0 Å². The molecular formula is C21H32O2S. The highest BCUT2D eigenvalue weighted by atomic mass is 32.1. The molecule has 1 saturated carbocycles. The van der Waals surface area contributed by atoms with Crippen LogP contribution in [0.1, 0.15) is 87.0 Å². The number of thiophene rings is 1. The Morgan fingerprint density at radius 3 is 2.08 bits per heavy atom. The predicted octanol–water partition coefficient (Wildman–Crippen LogP) is 6.19. The number of rotatable bonds is 1.